The molecule has 0 saturated carbocycles. The van der Waals surface area contributed by atoms with E-state index in [2.05, 4.69) is 4.74 Å². The first-order valence-corrected chi connectivity index (χ1v) is 13.3. The van der Waals surface area contributed by atoms with Crippen LogP contribution < -0.4 is 5.73 Å². The third-order valence-electron chi connectivity index (χ3n) is 14.9. The molecule has 0 aromatic heterocycles. The third-order valence-corrected chi connectivity index (χ3v) is 56.8. The van der Waals surface area contributed by atoms with Crippen molar-refractivity contribution in [2.45, 2.75) is 61.3 Å². The van der Waals surface area contributed by atoms with Crippen LogP contribution >= 0.6 is 0 Å². The number of nitrogens with two attached hydrogens (primary N) is 1. The Morgan fingerprint density at radius 2 is 1.00 bits per heavy atom. The summed E-state index contributed by atoms with van der Waals surface area (Å²) >= 11 is 0. The molecule has 2 nitrogen and oxygen atoms in total. The summed E-state index contributed by atoms with van der Waals surface area (Å²) in [6.07, 6.45) is -0.116. The van der Waals surface area contributed by atoms with Crippen LogP contribution in [0.25, 0.3) is 0 Å². The molecule has 1 unspecified atom stereocenters. The first-order valence-electron chi connectivity index (χ1n) is 6.93. The minimum absolute atomic E-state index is 0.116. The van der Waals surface area contributed by atoms with Crippen LogP contribution in [0, 0.1) is 0 Å². The molecule has 10 aliphatic heterocycles. The maximum atomic E-state index is 5.07. The van der Waals surface area contributed by atoms with E-state index in [0.29, 0.717) is 0 Å². The Kier molecular flexibility index (Phi) is 0.209. The van der Waals surface area contributed by atoms with Gasteiger partial charge in [0.05, 0.1) is 0 Å². The van der Waals surface area contributed by atoms with E-state index in [1.54, 1.807) is 62.2 Å². The standard InChI is InChI=1S/2C5H5.C3H9NO.Fe/c2*1-2-4-5-3-1;1-3(4)5-2;/h2*1-5H;3H,4H2,1-2H3;. The van der Waals surface area contributed by atoms with Crippen LogP contribution in [0.4, 0.5) is 0 Å². The quantitative estimate of drug-likeness (QED) is 0.580. The molecule has 1 spiro atoms. The predicted molar refractivity (Wildman–Crippen MR) is 58.2 cm³/mol. The Hall–Kier alpha value is 0.439. The van der Waals surface area contributed by atoms with Gasteiger partial charge < -0.3 is 10.5 Å². The van der Waals surface area contributed by atoms with Crippen LogP contribution in [0.15, 0.2) is 0 Å². The van der Waals surface area contributed by atoms with E-state index in [-0.39, 0.29) is 6.23 Å². The van der Waals surface area contributed by atoms with E-state index in [1.165, 1.54) is 0 Å². The van der Waals surface area contributed by atoms with Gasteiger partial charge in [0.1, 0.15) is 6.23 Å². The van der Waals surface area contributed by atoms with Crippen molar-refractivity contribution in [3.63, 3.8) is 0 Å². The Balaban J connectivity index is 0.000000105. The predicted octanol–water partition coefficient (Wildman–Crippen LogP) is 3.31. The van der Waals surface area contributed by atoms with E-state index in [0.717, 1.165) is 0 Å². The number of fused-ring (bicyclic) bond motifs is 10. The van der Waals surface area contributed by atoms with Crippen molar-refractivity contribution < 1.29 is 11.2 Å². The molecule has 0 bridgehead atoms. The van der Waals surface area contributed by atoms with Gasteiger partial charge in [-0.2, -0.15) is 0 Å². The van der Waals surface area contributed by atoms with Crippen molar-refractivity contribution >= 4 is 0 Å². The van der Waals surface area contributed by atoms with Crippen molar-refractivity contribution in [3.05, 3.63) is 0 Å². The first-order chi connectivity index (χ1) is 7.43. The van der Waals surface area contributed by atoms with E-state index in [9.17, 15) is 0 Å². The molecule has 16 heavy (non-hydrogen) atoms. The zero-order chi connectivity index (χ0) is 10.4. The molecule has 3 heteroatoms. The molecular weight excluding hydrogens is 242 g/mol. The second-order valence-electron chi connectivity index (χ2n) is 10.5. The van der Waals surface area contributed by atoms with Crippen molar-refractivity contribution in [1.29, 1.82) is 0 Å². The summed E-state index contributed by atoms with van der Waals surface area (Å²) in [7, 11) is 1.57. The van der Waals surface area contributed by atoms with Gasteiger partial charge in [-0.3, -0.25) is 0 Å². The number of hydrogen-bond donors (Lipinski definition) is 1. The zero-order valence-corrected chi connectivity index (χ0v) is 10.8. The molecule has 2 N–H and O–H groups in total. The molecule has 1 atom stereocenters. The molecule has 0 amide bonds. The van der Waals surface area contributed by atoms with Gasteiger partial charge >= 0.3 is 54.7 Å². The third kappa shape index (κ3) is 0.0636. The molecule has 10 fully saturated rings. The van der Waals surface area contributed by atoms with Crippen LogP contribution in [0.2, 0.25) is 48.2 Å². The fourth-order valence-electron chi connectivity index (χ4n) is 15.8. The fraction of sp³-hybridized carbons (Fsp3) is 1.00. The van der Waals surface area contributed by atoms with Gasteiger partial charge in [-0.1, -0.05) is 0 Å². The van der Waals surface area contributed by atoms with Gasteiger partial charge in [0.15, 0.2) is 0 Å². The van der Waals surface area contributed by atoms with Crippen molar-refractivity contribution in [3.8, 4) is 0 Å². The van der Waals surface area contributed by atoms with Gasteiger partial charge in [0, 0.05) is 7.11 Å². The van der Waals surface area contributed by atoms with Crippen LogP contribution in [-0.4, -0.2) is 13.3 Å². The summed E-state index contributed by atoms with van der Waals surface area (Å²) in [5.74, 6) is 0. The van der Waals surface area contributed by atoms with Crippen molar-refractivity contribution in [1.82, 2.24) is 0 Å². The van der Waals surface area contributed by atoms with E-state index in [1.807, 2.05) is 0 Å². The molecule has 0 aromatic carbocycles. The second kappa shape index (κ2) is 0.510. The molecule has 90 valence electrons. The molecule has 10 heterocycles. The van der Waals surface area contributed by atoms with Gasteiger partial charge in [-0.25, -0.2) is 0 Å². The van der Waals surface area contributed by atoms with Crippen LogP contribution in [-0.2, 0) is 11.2 Å². The minimum atomic E-state index is -2.28. The van der Waals surface area contributed by atoms with Gasteiger partial charge in [0.2, 0.25) is 0 Å². The molecule has 10 saturated heterocycles. The van der Waals surface area contributed by atoms with Crippen molar-refractivity contribution in [2.24, 2.45) is 5.73 Å². The molecule has 0 radical (unpaired) electrons. The number of hydrogen-bond acceptors (Lipinski definition) is 2. The number of methoxy groups -OCH3 is 1. The second-order valence-corrected chi connectivity index (χ2v) is 34.4. The average molecular weight is 261 g/mol. The van der Waals surface area contributed by atoms with Crippen LogP contribution in [0.3, 0.4) is 0 Å². The molecular formula is C13H19FeNO. The summed E-state index contributed by atoms with van der Waals surface area (Å²) < 4.78 is 4.53. The Bertz CT molecular complexity index is 643. The van der Waals surface area contributed by atoms with E-state index < -0.39 is 6.51 Å². The summed E-state index contributed by atoms with van der Waals surface area (Å²) in [5.41, 5.74) is 5.07. The van der Waals surface area contributed by atoms with Gasteiger partial charge in [-0.15, -0.1) is 0 Å². The summed E-state index contributed by atoms with van der Waals surface area (Å²) in [6.45, 7) is -0.506. The monoisotopic (exact) mass is 261 g/mol. The van der Waals surface area contributed by atoms with Crippen LogP contribution in [0.5, 0.6) is 0 Å². The van der Waals surface area contributed by atoms with Crippen LogP contribution in [0.1, 0.15) is 6.92 Å². The Morgan fingerprint density at radius 3 is 1.00 bits per heavy atom. The maximum absolute atomic E-state index is 5.07. The number of rotatable bonds is 1. The topological polar surface area (TPSA) is 35.2 Å². The average Bonchev–Trinajstić information content (AvgIpc) is 3.21. The van der Waals surface area contributed by atoms with E-state index >= 15 is 0 Å². The first kappa shape index (κ1) is 6.56. The Labute approximate surface area is 85.6 Å². The van der Waals surface area contributed by atoms with E-state index in [4.69, 9.17) is 5.73 Å². The molecule has 0 aromatic rings. The summed E-state index contributed by atoms with van der Waals surface area (Å²) in [5, 5.41) is 0. The van der Waals surface area contributed by atoms with Gasteiger partial charge in [-0.05, 0) is 6.92 Å². The molecule has 10 aliphatic rings. The number of ether oxygens (including phenoxy) is 1. The molecule has 10 rings (SSSR count). The fourth-order valence-corrected chi connectivity index (χ4v) is 88.0. The summed E-state index contributed by atoms with van der Waals surface area (Å²) in [4.78, 5) is 15.9. The zero-order valence-electron chi connectivity index (χ0n) is 9.69. The SMILES string of the molecule is COC(C)N.[CH]12[CH]3[CH]4[CH]5[CH]1[Fe]23451678[CH]2[CH]1[CH]6[CH]7[CH]28. The summed E-state index contributed by atoms with van der Waals surface area (Å²) in [6, 6.07) is 0. The van der Waals surface area contributed by atoms with Gasteiger partial charge in [0.25, 0.3) is 0 Å². The van der Waals surface area contributed by atoms with Crippen molar-refractivity contribution in [2.75, 3.05) is 7.11 Å². The molecule has 0 aliphatic carbocycles. The normalized spacial score (nSPS) is 122. The Morgan fingerprint density at radius 1 is 0.812 bits per heavy atom.